The number of fused-ring (bicyclic) bond motifs is 1. The quantitative estimate of drug-likeness (QED) is 0.255. The van der Waals surface area contributed by atoms with E-state index in [0.717, 1.165) is 52.1 Å². The fraction of sp³-hybridized carbons (Fsp3) is 0.364. The minimum absolute atomic E-state index is 0.0124. The zero-order valence-corrected chi connectivity index (χ0v) is 24.1. The van der Waals surface area contributed by atoms with Crippen LogP contribution >= 0.6 is 0 Å². The fourth-order valence-electron chi connectivity index (χ4n) is 5.08. The molecular formula is C33H38N2O7. The Labute approximate surface area is 246 Å². The van der Waals surface area contributed by atoms with Gasteiger partial charge in [0, 0.05) is 25.2 Å². The summed E-state index contributed by atoms with van der Waals surface area (Å²) in [5, 5.41) is 20.7. The Bertz CT molecular complexity index is 1420. The average Bonchev–Trinajstić information content (AvgIpc) is 2.98. The van der Waals surface area contributed by atoms with Crippen LogP contribution in [0.2, 0.25) is 0 Å². The summed E-state index contributed by atoms with van der Waals surface area (Å²) in [6.45, 7) is 5.05. The van der Waals surface area contributed by atoms with Crippen molar-refractivity contribution >= 4 is 23.7 Å². The molecule has 0 saturated heterocycles. The summed E-state index contributed by atoms with van der Waals surface area (Å²) in [7, 11) is 0. The van der Waals surface area contributed by atoms with E-state index in [4.69, 9.17) is 14.6 Å². The third kappa shape index (κ3) is 8.10. The summed E-state index contributed by atoms with van der Waals surface area (Å²) >= 11 is 0. The summed E-state index contributed by atoms with van der Waals surface area (Å²) in [6.07, 6.45) is 0.358. The van der Waals surface area contributed by atoms with Gasteiger partial charge >= 0.3 is 12.1 Å². The van der Waals surface area contributed by atoms with Crippen molar-refractivity contribution in [1.82, 2.24) is 5.32 Å². The number of aliphatic hydroxyl groups excluding tert-OH is 1. The monoisotopic (exact) mass is 574 g/mol. The SMILES string of the molecule is Cc1cccc(OCCCC(=O)N2CCCc3c(-c4cccc(COC(=O)NCC(O)CC(=O)O)c4)cccc32)c1C. The van der Waals surface area contributed by atoms with Gasteiger partial charge in [0.05, 0.1) is 19.1 Å². The van der Waals surface area contributed by atoms with Crippen LogP contribution in [0.1, 0.15) is 47.9 Å². The van der Waals surface area contributed by atoms with Crippen LogP contribution in [0.25, 0.3) is 11.1 Å². The number of nitrogens with zero attached hydrogens (tertiary/aromatic N) is 1. The number of carboxylic acid groups (broad SMARTS) is 1. The van der Waals surface area contributed by atoms with Gasteiger partial charge in [-0.3, -0.25) is 9.59 Å². The molecule has 3 N–H and O–H groups in total. The Morgan fingerprint density at radius 1 is 1.05 bits per heavy atom. The van der Waals surface area contributed by atoms with Crippen molar-refractivity contribution in [2.24, 2.45) is 0 Å². The van der Waals surface area contributed by atoms with Crippen molar-refractivity contribution in [2.75, 3.05) is 24.6 Å². The highest BCUT2D eigenvalue weighted by molar-refractivity contribution is 5.96. The first-order chi connectivity index (χ1) is 20.2. The second-order valence-corrected chi connectivity index (χ2v) is 10.5. The number of anilines is 1. The number of aliphatic carboxylic acids is 1. The van der Waals surface area contributed by atoms with Crippen LogP contribution in [-0.4, -0.2) is 54.0 Å². The van der Waals surface area contributed by atoms with Crippen LogP contribution in [0, 0.1) is 13.8 Å². The molecule has 3 aromatic carbocycles. The van der Waals surface area contributed by atoms with Gasteiger partial charge in [0.2, 0.25) is 5.91 Å². The third-order valence-corrected chi connectivity index (χ3v) is 7.40. The Kier molecular flexibility index (Phi) is 10.6. The van der Waals surface area contributed by atoms with E-state index in [1.165, 1.54) is 5.56 Å². The molecule has 0 saturated carbocycles. The molecule has 0 fully saturated rings. The van der Waals surface area contributed by atoms with Gasteiger partial charge in [0.25, 0.3) is 0 Å². The maximum absolute atomic E-state index is 13.3. The molecule has 1 aliphatic rings. The van der Waals surface area contributed by atoms with E-state index in [-0.39, 0.29) is 19.1 Å². The number of hydrogen-bond donors (Lipinski definition) is 3. The van der Waals surface area contributed by atoms with E-state index in [1.807, 2.05) is 66.4 Å². The van der Waals surface area contributed by atoms with Crippen molar-refractivity contribution in [1.29, 1.82) is 0 Å². The van der Waals surface area contributed by atoms with E-state index in [0.29, 0.717) is 26.0 Å². The van der Waals surface area contributed by atoms with Gasteiger partial charge in [-0.15, -0.1) is 0 Å². The molecule has 1 unspecified atom stereocenters. The lowest BCUT2D eigenvalue weighted by atomic mass is 9.91. The lowest BCUT2D eigenvalue weighted by molar-refractivity contribution is -0.139. The molecule has 4 rings (SSSR count). The van der Waals surface area contributed by atoms with Crippen molar-refractivity contribution in [2.45, 2.75) is 58.7 Å². The normalized spacial score (nSPS) is 13.2. The van der Waals surface area contributed by atoms with Crippen molar-refractivity contribution in [3.8, 4) is 16.9 Å². The number of benzene rings is 3. The first-order valence-electron chi connectivity index (χ1n) is 14.2. The predicted molar refractivity (Wildman–Crippen MR) is 160 cm³/mol. The van der Waals surface area contributed by atoms with E-state index in [9.17, 15) is 19.5 Å². The molecule has 1 aliphatic heterocycles. The van der Waals surface area contributed by atoms with Gasteiger partial charge in [-0.1, -0.05) is 42.5 Å². The number of aryl methyl sites for hydroxylation is 1. The molecule has 1 atom stereocenters. The fourth-order valence-corrected chi connectivity index (χ4v) is 5.08. The smallest absolute Gasteiger partial charge is 0.407 e. The topological polar surface area (TPSA) is 125 Å². The molecule has 0 bridgehead atoms. The van der Waals surface area contributed by atoms with Gasteiger partial charge in [0.15, 0.2) is 0 Å². The number of alkyl carbamates (subject to hydrolysis) is 1. The number of carbonyl (C=O) groups is 3. The van der Waals surface area contributed by atoms with E-state index in [2.05, 4.69) is 18.3 Å². The molecule has 9 nitrogen and oxygen atoms in total. The van der Waals surface area contributed by atoms with Crippen molar-refractivity contribution in [3.05, 3.63) is 82.9 Å². The lowest BCUT2D eigenvalue weighted by Crippen LogP contribution is -2.35. The summed E-state index contributed by atoms with van der Waals surface area (Å²) < 4.78 is 11.2. The highest BCUT2D eigenvalue weighted by Gasteiger charge is 2.24. The number of nitrogens with one attached hydrogen (secondary N) is 1. The lowest BCUT2D eigenvalue weighted by Gasteiger charge is -2.31. The van der Waals surface area contributed by atoms with Crippen molar-refractivity contribution < 1.29 is 34.1 Å². The Balaban J connectivity index is 1.36. The Morgan fingerprint density at radius 3 is 2.64 bits per heavy atom. The maximum Gasteiger partial charge on any atom is 0.407 e. The Hall–Kier alpha value is -4.37. The van der Waals surface area contributed by atoms with Crippen molar-refractivity contribution in [3.63, 3.8) is 0 Å². The van der Waals surface area contributed by atoms with Gasteiger partial charge in [-0.05, 0) is 84.7 Å². The molecule has 3 aromatic rings. The first-order valence-corrected chi connectivity index (χ1v) is 14.2. The number of amides is 2. The zero-order valence-electron chi connectivity index (χ0n) is 24.1. The van der Waals surface area contributed by atoms with Gasteiger partial charge in [0.1, 0.15) is 12.4 Å². The minimum Gasteiger partial charge on any atom is -0.493 e. The van der Waals surface area contributed by atoms with Crippen LogP contribution in [0.5, 0.6) is 5.75 Å². The molecule has 42 heavy (non-hydrogen) atoms. The molecule has 0 aromatic heterocycles. The minimum atomic E-state index is -1.19. The number of aliphatic hydroxyl groups is 1. The highest BCUT2D eigenvalue weighted by atomic mass is 16.5. The van der Waals surface area contributed by atoms with Gasteiger partial charge in [-0.2, -0.15) is 0 Å². The summed E-state index contributed by atoms with van der Waals surface area (Å²) in [5.41, 5.74) is 7.12. The number of carbonyl (C=O) groups excluding carboxylic acids is 2. The number of ether oxygens (including phenoxy) is 2. The molecule has 2 amide bonds. The third-order valence-electron chi connectivity index (χ3n) is 7.40. The van der Waals surface area contributed by atoms with E-state index >= 15 is 0 Å². The molecule has 222 valence electrons. The summed E-state index contributed by atoms with van der Waals surface area (Å²) in [6, 6.07) is 19.7. The van der Waals surface area contributed by atoms with Crippen LogP contribution in [-0.2, 0) is 27.4 Å². The second-order valence-electron chi connectivity index (χ2n) is 10.5. The summed E-state index contributed by atoms with van der Waals surface area (Å²) in [5.74, 6) is -0.207. The zero-order chi connectivity index (χ0) is 30.1. The predicted octanol–water partition coefficient (Wildman–Crippen LogP) is 5.17. The van der Waals surface area contributed by atoms with E-state index in [1.54, 1.807) is 0 Å². The van der Waals surface area contributed by atoms with Crippen LogP contribution in [0.4, 0.5) is 10.5 Å². The number of rotatable bonds is 12. The standard InChI is InChI=1S/C33H38N2O7/c1-22-8-3-14-30(23(22)2)41-17-7-15-31(37)35-16-6-12-28-27(11-5-13-29(28)35)25-10-4-9-24(18-25)21-42-33(40)34-20-26(36)19-32(38)39/h3-5,8-11,13-14,18,26,36H,6-7,12,15-17,19-21H2,1-2H3,(H,34,40)(H,38,39). The average molecular weight is 575 g/mol. The van der Waals surface area contributed by atoms with E-state index < -0.39 is 24.6 Å². The van der Waals surface area contributed by atoms with Crippen LogP contribution in [0.3, 0.4) is 0 Å². The maximum atomic E-state index is 13.3. The van der Waals surface area contributed by atoms with Crippen LogP contribution < -0.4 is 15.0 Å². The molecule has 0 radical (unpaired) electrons. The molecule has 9 heteroatoms. The highest BCUT2D eigenvalue weighted by Crippen LogP contribution is 2.36. The molecular weight excluding hydrogens is 536 g/mol. The molecule has 1 heterocycles. The summed E-state index contributed by atoms with van der Waals surface area (Å²) in [4.78, 5) is 37.8. The van der Waals surface area contributed by atoms with Crippen LogP contribution in [0.15, 0.2) is 60.7 Å². The second kappa shape index (κ2) is 14.5. The number of hydrogen-bond acceptors (Lipinski definition) is 6. The van der Waals surface area contributed by atoms with Gasteiger partial charge < -0.3 is 29.9 Å². The van der Waals surface area contributed by atoms with Gasteiger partial charge in [-0.25, -0.2) is 4.79 Å². The largest absolute Gasteiger partial charge is 0.493 e. The Morgan fingerprint density at radius 2 is 1.83 bits per heavy atom. The number of carboxylic acids is 1. The molecule has 0 aliphatic carbocycles. The first kappa shape index (κ1) is 30.6. The molecule has 0 spiro atoms.